The van der Waals surface area contributed by atoms with E-state index in [1.165, 1.54) is 6.42 Å². The first kappa shape index (κ1) is 15.1. The molecule has 1 fully saturated rings. The summed E-state index contributed by atoms with van der Waals surface area (Å²) in [6.45, 7) is 0. The predicted octanol–water partition coefficient (Wildman–Crippen LogP) is 5.10. The first-order valence-corrected chi connectivity index (χ1v) is 8.75. The summed E-state index contributed by atoms with van der Waals surface area (Å²) in [5.41, 5.74) is 3.37. The van der Waals surface area contributed by atoms with Crippen LogP contribution in [-0.4, -0.2) is 11.6 Å². The average molecular weight is 316 g/mol. The molecule has 2 aliphatic carbocycles. The van der Waals surface area contributed by atoms with E-state index in [-0.39, 0.29) is 17.5 Å². The minimum atomic E-state index is -0.00280. The lowest BCUT2D eigenvalue weighted by Crippen LogP contribution is -2.26. The molecule has 0 saturated heterocycles. The smallest absolute Gasteiger partial charge is 0.194 e. The van der Waals surface area contributed by atoms with Crippen molar-refractivity contribution in [2.45, 2.75) is 32.1 Å². The molecule has 0 aliphatic heterocycles. The Labute approximate surface area is 142 Å². The Bertz CT molecular complexity index is 824. The van der Waals surface area contributed by atoms with Crippen LogP contribution < -0.4 is 0 Å². The summed E-state index contributed by atoms with van der Waals surface area (Å²) >= 11 is 0. The molecule has 1 saturated carbocycles. The molecule has 2 heteroatoms. The van der Waals surface area contributed by atoms with Crippen molar-refractivity contribution >= 4 is 17.1 Å². The van der Waals surface area contributed by atoms with Gasteiger partial charge in [-0.3, -0.25) is 9.59 Å². The van der Waals surface area contributed by atoms with Crippen molar-refractivity contribution in [3.05, 3.63) is 76.9 Å². The van der Waals surface area contributed by atoms with E-state index in [0.29, 0.717) is 16.7 Å². The Morgan fingerprint density at radius 1 is 0.667 bits per heavy atom. The topological polar surface area (TPSA) is 34.1 Å². The van der Waals surface area contributed by atoms with E-state index in [9.17, 15) is 9.59 Å². The van der Waals surface area contributed by atoms with Crippen molar-refractivity contribution in [1.82, 2.24) is 0 Å². The monoisotopic (exact) mass is 316 g/mol. The second kappa shape index (κ2) is 6.20. The molecule has 2 aliphatic rings. The highest BCUT2D eigenvalue weighted by Gasteiger charge is 2.36. The third-order valence-corrected chi connectivity index (χ3v) is 5.23. The Kier molecular flexibility index (Phi) is 3.89. The molecule has 0 spiro atoms. The fraction of sp³-hybridized carbons (Fsp3) is 0.273. The first-order valence-electron chi connectivity index (χ1n) is 8.75. The zero-order valence-electron chi connectivity index (χ0n) is 13.6. The summed E-state index contributed by atoms with van der Waals surface area (Å²) < 4.78 is 0. The first-order chi connectivity index (χ1) is 11.8. The largest absolute Gasteiger partial charge is 0.289 e. The highest BCUT2D eigenvalue weighted by Crippen LogP contribution is 2.40. The molecule has 0 unspecified atom stereocenters. The number of Topliss-reactive ketones (excluding diaryl/α,β-unsaturated/α-hetero) is 2. The van der Waals surface area contributed by atoms with E-state index in [0.717, 1.165) is 36.8 Å². The Morgan fingerprint density at radius 3 is 1.92 bits per heavy atom. The lowest BCUT2D eigenvalue weighted by molar-refractivity contribution is 0.0978. The van der Waals surface area contributed by atoms with E-state index < -0.39 is 0 Å². The molecule has 0 radical (unpaired) electrons. The van der Waals surface area contributed by atoms with Crippen molar-refractivity contribution < 1.29 is 9.59 Å². The Hall–Kier alpha value is -2.48. The van der Waals surface area contributed by atoms with Gasteiger partial charge in [-0.05, 0) is 24.3 Å². The van der Waals surface area contributed by atoms with Crippen molar-refractivity contribution in [1.29, 1.82) is 0 Å². The molecule has 120 valence electrons. The zero-order chi connectivity index (χ0) is 16.5. The second-order valence-electron chi connectivity index (χ2n) is 6.69. The van der Waals surface area contributed by atoms with Crippen LogP contribution in [0.2, 0.25) is 0 Å². The van der Waals surface area contributed by atoms with Crippen LogP contribution in [0.4, 0.5) is 0 Å². The van der Waals surface area contributed by atoms with E-state index in [2.05, 4.69) is 0 Å². The number of ketones is 2. The standard InChI is InChI=1S/C22H20O2/c23-21-17-13-7-8-14-18(17)22(24)20(16-11-5-2-6-12-16)19(21)15-9-3-1-4-10-15/h1,3-4,7-10,13-14,16H,2,5-6,11-12H2. The average Bonchev–Trinajstić information content (AvgIpc) is 2.66. The maximum atomic E-state index is 13.2. The van der Waals surface area contributed by atoms with Gasteiger partial charge < -0.3 is 0 Å². The van der Waals surface area contributed by atoms with Gasteiger partial charge in [-0.2, -0.15) is 0 Å². The van der Waals surface area contributed by atoms with E-state index in [1.54, 1.807) is 12.1 Å². The van der Waals surface area contributed by atoms with Crippen LogP contribution >= 0.6 is 0 Å². The Morgan fingerprint density at radius 2 is 1.25 bits per heavy atom. The van der Waals surface area contributed by atoms with Crippen LogP contribution in [-0.2, 0) is 0 Å². The van der Waals surface area contributed by atoms with Gasteiger partial charge >= 0.3 is 0 Å². The Balaban J connectivity index is 1.94. The minimum absolute atomic E-state index is 0.00280. The van der Waals surface area contributed by atoms with Crippen molar-refractivity contribution in [3.8, 4) is 0 Å². The number of hydrogen-bond donors (Lipinski definition) is 0. The molecule has 4 rings (SSSR count). The molecule has 0 amide bonds. The van der Waals surface area contributed by atoms with Gasteiger partial charge in [0.1, 0.15) is 0 Å². The van der Waals surface area contributed by atoms with Crippen LogP contribution in [0.15, 0.2) is 60.2 Å². The van der Waals surface area contributed by atoms with E-state index in [4.69, 9.17) is 0 Å². The highest BCUT2D eigenvalue weighted by atomic mass is 16.1. The third-order valence-electron chi connectivity index (χ3n) is 5.23. The third kappa shape index (κ3) is 2.43. The van der Waals surface area contributed by atoms with Crippen LogP contribution in [0.1, 0.15) is 58.4 Å². The van der Waals surface area contributed by atoms with Gasteiger partial charge in [-0.15, -0.1) is 0 Å². The fourth-order valence-corrected chi connectivity index (χ4v) is 4.07. The molecular formula is C22H20O2. The number of hydrogen-bond acceptors (Lipinski definition) is 2. The van der Waals surface area contributed by atoms with E-state index >= 15 is 0 Å². The molecule has 2 nitrogen and oxygen atoms in total. The molecule has 2 aromatic rings. The maximum absolute atomic E-state index is 13.2. The molecule has 0 atom stereocenters. The number of fused-ring (bicyclic) bond motifs is 1. The van der Waals surface area contributed by atoms with Crippen LogP contribution in [0.5, 0.6) is 0 Å². The highest BCUT2D eigenvalue weighted by molar-refractivity contribution is 6.40. The maximum Gasteiger partial charge on any atom is 0.194 e. The van der Waals surface area contributed by atoms with Crippen LogP contribution in [0, 0.1) is 5.92 Å². The van der Waals surface area contributed by atoms with Crippen molar-refractivity contribution in [2.75, 3.05) is 0 Å². The molecule has 24 heavy (non-hydrogen) atoms. The summed E-state index contributed by atoms with van der Waals surface area (Å²) in [5, 5.41) is 0. The summed E-state index contributed by atoms with van der Waals surface area (Å²) in [6, 6.07) is 16.9. The normalized spacial score (nSPS) is 18.7. The second-order valence-corrected chi connectivity index (χ2v) is 6.69. The zero-order valence-corrected chi connectivity index (χ0v) is 13.6. The lowest BCUT2D eigenvalue weighted by Gasteiger charge is -2.29. The van der Waals surface area contributed by atoms with Gasteiger partial charge in [0.25, 0.3) is 0 Å². The fourth-order valence-electron chi connectivity index (χ4n) is 4.07. The van der Waals surface area contributed by atoms with Gasteiger partial charge in [0.15, 0.2) is 11.6 Å². The summed E-state index contributed by atoms with van der Waals surface area (Å²) in [4.78, 5) is 26.4. The van der Waals surface area contributed by atoms with Crippen LogP contribution in [0.25, 0.3) is 5.57 Å². The molecule has 2 aromatic carbocycles. The summed E-state index contributed by atoms with van der Waals surface area (Å²) in [7, 11) is 0. The van der Waals surface area contributed by atoms with Gasteiger partial charge in [-0.1, -0.05) is 73.9 Å². The molecular weight excluding hydrogens is 296 g/mol. The predicted molar refractivity (Wildman–Crippen MR) is 95.0 cm³/mol. The van der Waals surface area contributed by atoms with Gasteiger partial charge in [-0.25, -0.2) is 0 Å². The van der Waals surface area contributed by atoms with Gasteiger partial charge in [0.05, 0.1) is 0 Å². The quantitative estimate of drug-likeness (QED) is 0.772. The minimum Gasteiger partial charge on any atom is -0.289 e. The summed E-state index contributed by atoms with van der Waals surface area (Å²) in [6.07, 6.45) is 5.52. The van der Waals surface area contributed by atoms with Gasteiger partial charge in [0, 0.05) is 22.3 Å². The number of rotatable bonds is 2. The number of allylic oxidation sites excluding steroid dienone is 2. The van der Waals surface area contributed by atoms with Gasteiger partial charge in [0.2, 0.25) is 0 Å². The molecule has 0 heterocycles. The van der Waals surface area contributed by atoms with Crippen molar-refractivity contribution in [3.63, 3.8) is 0 Å². The SMILES string of the molecule is O=C1C(c2ccccc2)=C(C2CCCCC2)C(=O)c2ccccc21. The molecule has 0 aromatic heterocycles. The summed E-state index contributed by atoms with van der Waals surface area (Å²) in [5.74, 6) is 0.256. The molecule has 0 N–H and O–H groups in total. The van der Waals surface area contributed by atoms with E-state index in [1.807, 2.05) is 42.5 Å². The molecule has 0 bridgehead atoms. The number of carbonyl (C=O) groups excluding carboxylic acids is 2. The van der Waals surface area contributed by atoms with Crippen molar-refractivity contribution in [2.24, 2.45) is 5.92 Å². The number of carbonyl (C=O) groups is 2. The lowest BCUT2D eigenvalue weighted by atomic mass is 9.72. The van der Waals surface area contributed by atoms with Crippen LogP contribution in [0.3, 0.4) is 0 Å². The number of benzene rings is 2.